The molecule has 2 aromatic carbocycles. The molecule has 162 valence electrons. The average Bonchev–Trinajstić information content (AvgIpc) is 3.59. The average molecular weight is 449 g/mol. The largest absolute Gasteiger partial charge is 0.352 e. The van der Waals surface area contributed by atoms with E-state index in [1.54, 1.807) is 30.6 Å². The molecular formula is C24H21ClN4O3. The molecule has 1 fully saturated rings. The van der Waals surface area contributed by atoms with Crippen LogP contribution >= 0.6 is 11.6 Å². The molecule has 8 heteroatoms. The van der Waals surface area contributed by atoms with Crippen LogP contribution in [0.25, 0.3) is 10.8 Å². The normalized spacial score (nSPS) is 17.7. The van der Waals surface area contributed by atoms with Gasteiger partial charge >= 0.3 is 0 Å². The topological polar surface area (TPSA) is 91.4 Å². The smallest absolute Gasteiger partial charge is 0.254 e. The maximum absolute atomic E-state index is 13.4. The van der Waals surface area contributed by atoms with E-state index in [2.05, 4.69) is 15.6 Å². The Balaban J connectivity index is 1.44. The monoisotopic (exact) mass is 448 g/mol. The SMILES string of the molecule is O=C(CN1CC(C(=O)Nc2cncc3ccccc23)c2cc(Cl)ccc2C1=O)NC1CC1. The molecule has 5 rings (SSSR count). The summed E-state index contributed by atoms with van der Waals surface area (Å²) in [6, 6.07) is 12.7. The van der Waals surface area contributed by atoms with Gasteiger partial charge in [0.05, 0.1) is 24.3 Å². The molecule has 1 atom stereocenters. The van der Waals surface area contributed by atoms with E-state index in [9.17, 15) is 14.4 Å². The van der Waals surface area contributed by atoms with Crippen LogP contribution in [-0.2, 0) is 9.59 Å². The molecule has 1 aromatic heterocycles. The quantitative estimate of drug-likeness (QED) is 0.626. The highest BCUT2D eigenvalue weighted by Crippen LogP contribution is 2.32. The molecule has 0 spiro atoms. The molecule has 1 unspecified atom stereocenters. The molecule has 1 aliphatic heterocycles. The second-order valence-corrected chi connectivity index (χ2v) is 8.65. The minimum atomic E-state index is -0.672. The summed E-state index contributed by atoms with van der Waals surface area (Å²) in [5.41, 5.74) is 1.54. The van der Waals surface area contributed by atoms with Crippen LogP contribution in [0.5, 0.6) is 0 Å². The van der Waals surface area contributed by atoms with Crippen molar-refractivity contribution < 1.29 is 14.4 Å². The molecule has 32 heavy (non-hydrogen) atoms. The third kappa shape index (κ3) is 4.03. The summed E-state index contributed by atoms with van der Waals surface area (Å²) < 4.78 is 0. The summed E-state index contributed by atoms with van der Waals surface area (Å²) in [6.07, 6.45) is 5.27. The Morgan fingerprint density at radius 3 is 2.75 bits per heavy atom. The number of nitrogens with zero attached hydrogens (tertiary/aromatic N) is 2. The van der Waals surface area contributed by atoms with Crippen LogP contribution in [0.15, 0.2) is 54.9 Å². The predicted octanol–water partition coefficient (Wildman–Crippen LogP) is 3.34. The zero-order valence-electron chi connectivity index (χ0n) is 17.2. The van der Waals surface area contributed by atoms with Crippen molar-refractivity contribution in [2.75, 3.05) is 18.4 Å². The second kappa shape index (κ2) is 8.24. The molecule has 1 aliphatic carbocycles. The summed E-state index contributed by atoms with van der Waals surface area (Å²) in [5.74, 6) is -1.45. The molecule has 1 saturated carbocycles. The van der Waals surface area contributed by atoms with Gasteiger partial charge in [0.2, 0.25) is 11.8 Å². The summed E-state index contributed by atoms with van der Waals surface area (Å²) in [5, 5.41) is 8.08. The summed E-state index contributed by atoms with van der Waals surface area (Å²) >= 11 is 6.19. The van der Waals surface area contributed by atoms with Crippen molar-refractivity contribution >= 4 is 45.8 Å². The maximum atomic E-state index is 13.4. The van der Waals surface area contributed by atoms with E-state index in [1.165, 1.54) is 4.90 Å². The van der Waals surface area contributed by atoms with E-state index in [1.807, 2.05) is 24.3 Å². The Morgan fingerprint density at radius 1 is 1.12 bits per heavy atom. The molecule has 0 saturated heterocycles. The van der Waals surface area contributed by atoms with Crippen molar-refractivity contribution in [2.24, 2.45) is 0 Å². The number of carbonyl (C=O) groups excluding carboxylic acids is 3. The minimum Gasteiger partial charge on any atom is -0.352 e. The lowest BCUT2D eigenvalue weighted by Gasteiger charge is -2.33. The van der Waals surface area contributed by atoms with Gasteiger partial charge < -0.3 is 15.5 Å². The van der Waals surface area contributed by atoms with E-state index >= 15 is 0 Å². The number of aromatic nitrogens is 1. The second-order valence-electron chi connectivity index (χ2n) is 8.21. The number of pyridine rings is 1. The highest BCUT2D eigenvalue weighted by molar-refractivity contribution is 6.30. The number of rotatable bonds is 5. The predicted molar refractivity (Wildman–Crippen MR) is 122 cm³/mol. The van der Waals surface area contributed by atoms with E-state index in [0.29, 0.717) is 21.8 Å². The van der Waals surface area contributed by atoms with Gasteiger partial charge in [-0.05, 0) is 36.6 Å². The number of halogens is 1. The first-order chi connectivity index (χ1) is 15.5. The standard InChI is InChI=1S/C24H21ClN4O3/c25-15-5-8-18-19(9-15)20(12-29(24(18)32)13-22(30)27-16-6-7-16)23(31)28-21-11-26-10-14-3-1-2-4-17(14)21/h1-5,8-11,16,20H,6-7,12-13H2,(H,27,30)(H,28,31). The molecule has 3 amide bonds. The Morgan fingerprint density at radius 2 is 1.94 bits per heavy atom. The highest BCUT2D eigenvalue weighted by Gasteiger charge is 2.37. The van der Waals surface area contributed by atoms with Crippen LogP contribution in [-0.4, -0.2) is 46.7 Å². The van der Waals surface area contributed by atoms with Gasteiger partial charge in [0.25, 0.3) is 5.91 Å². The molecule has 3 aromatic rings. The lowest BCUT2D eigenvalue weighted by Crippen LogP contribution is -2.48. The van der Waals surface area contributed by atoms with E-state index in [-0.39, 0.29) is 36.9 Å². The fourth-order valence-electron chi connectivity index (χ4n) is 4.06. The lowest BCUT2D eigenvalue weighted by atomic mass is 9.88. The van der Waals surface area contributed by atoms with Crippen LogP contribution in [0.4, 0.5) is 5.69 Å². The first-order valence-electron chi connectivity index (χ1n) is 10.5. The van der Waals surface area contributed by atoms with Crippen molar-refractivity contribution in [3.63, 3.8) is 0 Å². The van der Waals surface area contributed by atoms with Crippen molar-refractivity contribution in [1.82, 2.24) is 15.2 Å². The van der Waals surface area contributed by atoms with Gasteiger partial charge in [0, 0.05) is 40.1 Å². The van der Waals surface area contributed by atoms with Gasteiger partial charge in [-0.15, -0.1) is 0 Å². The zero-order valence-corrected chi connectivity index (χ0v) is 17.9. The number of benzene rings is 2. The van der Waals surface area contributed by atoms with Crippen LogP contribution in [0.3, 0.4) is 0 Å². The number of carbonyl (C=O) groups is 3. The number of anilines is 1. The maximum Gasteiger partial charge on any atom is 0.254 e. The summed E-state index contributed by atoms with van der Waals surface area (Å²) in [6.45, 7) is 0.00525. The van der Waals surface area contributed by atoms with Crippen molar-refractivity contribution in [3.05, 3.63) is 71.0 Å². The van der Waals surface area contributed by atoms with Crippen LogP contribution in [0.2, 0.25) is 5.02 Å². The molecule has 2 aliphatic rings. The zero-order chi connectivity index (χ0) is 22.2. The Bertz CT molecular complexity index is 1240. The third-order valence-corrected chi connectivity index (χ3v) is 6.06. The molecule has 2 heterocycles. The molecule has 2 N–H and O–H groups in total. The Hall–Kier alpha value is -3.45. The van der Waals surface area contributed by atoms with Gasteiger partial charge in [-0.1, -0.05) is 35.9 Å². The van der Waals surface area contributed by atoms with E-state index in [0.717, 1.165) is 23.6 Å². The van der Waals surface area contributed by atoms with Gasteiger partial charge in [-0.3, -0.25) is 19.4 Å². The van der Waals surface area contributed by atoms with Crippen LogP contribution < -0.4 is 10.6 Å². The van der Waals surface area contributed by atoms with Crippen LogP contribution in [0, 0.1) is 0 Å². The Labute approximate surface area is 189 Å². The lowest BCUT2D eigenvalue weighted by molar-refractivity contribution is -0.123. The Kier molecular flexibility index (Phi) is 5.27. The van der Waals surface area contributed by atoms with E-state index in [4.69, 9.17) is 11.6 Å². The molecule has 0 radical (unpaired) electrons. The van der Waals surface area contributed by atoms with E-state index < -0.39 is 5.92 Å². The van der Waals surface area contributed by atoms with Crippen molar-refractivity contribution in [3.8, 4) is 0 Å². The number of nitrogens with one attached hydrogen (secondary N) is 2. The van der Waals surface area contributed by atoms with Crippen LogP contribution in [0.1, 0.15) is 34.7 Å². The first-order valence-corrected chi connectivity index (χ1v) is 10.9. The van der Waals surface area contributed by atoms with Gasteiger partial charge in [-0.2, -0.15) is 0 Å². The summed E-state index contributed by atoms with van der Waals surface area (Å²) in [7, 11) is 0. The molecule has 0 bridgehead atoms. The van der Waals surface area contributed by atoms with Crippen molar-refractivity contribution in [1.29, 1.82) is 0 Å². The third-order valence-electron chi connectivity index (χ3n) is 5.83. The fraction of sp³-hybridized carbons (Fsp3) is 0.250. The summed E-state index contributed by atoms with van der Waals surface area (Å²) in [4.78, 5) is 44.4. The number of amides is 3. The number of hydrogen-bond donors (Lipinski definition) is 2. The number of fused-ring (bicyclic) bond motifs is 2. The van der Waals surface area contributed by atoms with Gasteiger partial charge in [-0.25, -0.2) is 0 Å². The first kappa shape index (κ1) is 20.5. The number of hydrogen-bond acceptors (Lipinski definition) is 4. The van der Waals surface area contributed by atoms with Gasteiger partial charge in [0.15, 0.2) is 0 Å². The molecular weight excluding hydrogens is 428 g/mol. The fourth-order valence-corrected chi connectivity index (χ4v) is 4.24. The van der Waals surface area contributed by atoms with Crippen molar-refractivity contribution in [2.45, 2.75) is 24.8 Å². The highest BCUT2D eigenvalue weighted by atomic mass is 35.5. The molecule has 7 nitrogen and oxygen atoms in total. The van der Waals surface area contributed by atoms with Gasteiger partial charge in [0.1, 0.15) is 0 Å². The minimum absolute atomic E-state index is 0.0863.